The van der Waals surface area contributed by atoms with Gasteiger partial charge in [0, 0.05) is 25.2 Å². The zero-order chi connectivity index (χ0) is 14.7. The summed E-state index contributed by atoms with van der Waals surface area (Å²) in [6.45, 7) is 0.670. The SMILES string of the molecule is CC(C(=O)O)C1CN(Cc2ccccc2OC(F)F)C1. The first-order chi connectivity index (χ1) is 9.47. The highest BCUT2D eigenvalue weighted by Crippen LogP contribution is 2.28. The summed E-state index contributed by atoms with van der Waals surface area (Å²) in [4.78, 5) is 12.9. The van der Waals surface area contributed by atoms with Crippen molar-refractivity contribution in [1.82, 2.24) is 4.90 Å². The van der Waals surface area contributed by atoms with Crippen LogP contribution in [-0.2, 0) is 11.3 Å². The smallest absolute Gasteiger partial charge is 0.387 e. The van der Waals surface area contributed by atoms with Gasteiger partial charge in [0.1, 0.15) is 5.75 Å². The fourth-order valence-electron chi connectivity index (χ4n) is 2.34. The van der Waals surface area contributed by atoms with Crippen molar-refractivity contribution in [1.29, 1.82) is 0 Å². The number of hydrogen-bond acceptors (Lipinski definition) is 3. The minimum absolute atomic E-state index is 0.121. The minimum atomic E-state index is -2.84. The van der Waals surface area contributed by atoms with Crippen LogP contribution in [0.3, 0.4) is 0 Å². The summed E-state index contributed by atoms with van der Waals surface area (Å²) in [5.41, 5.74) is 0.689. The third kappa shape index (κ3) is 3.45. The topological polar surface area (TPSA) is 49.8 Å². The summed E-state index contributed by atoms with van der Waals surface area (Å²) in [5.74, 6) is -0.872. The standard InChI is InChI=1S/C14H17F2NO3/c1-9(13(18)19)11-7-17(8-11)6-10-4-2-3-5-12(10)20-14(15)16/h2-5,9,11,14H,6-8H2,1H3,(H,18,19). The number of hydrogen-bond donors (Lipinski definition) is 1. The van der Waals surface area contributed by atoms with Gasteiger partial charge in [0.15, 0.2) is 0 Å². The van der Waals surface area contributed by atoms with Crippen molar-refractivity contribution < 1.29 is 23.4 Å². The molecule has 1 saturated heterocycles. The van der Waals surface area contributed by atoms with Crippen LogP contribution >= 0.6 is 0 Å². The normalized spacial score (nSPS) is 17.8. The Balaban J connectivity index is 1.91. The molecule has 1 unspecified atom stereocenters. The molecule has 0 radical (unpaired) electrons. The Morgan fingerprint density at radius 3 is 2.70 bits per heavy atom. The van der Waals surface area contributed by atoms with E-state index in [4.69, 9.17) is 5.11 Å². The third-order valence-electron chi connectivity index (χ3n) is 3.66. The van der Waals surface area contributed by atoms with E-state index in [1.165, 1.54) is 6.07 Å². The van der Waals surface area contributed by atoms with E-state index in [2.05, 4.69) is 4.74 Å². The van der Waals surface area contributed by atoms with Gasteiger partial charge >= 0.3 is 12.6 Å². The van der Waals surface area contributed by atoms with Crippen molar-refractivity contribution >= 4 is 5.97 Å². The molecule has 1 aromatic rings. The second-order valence-electron chi connectivity index (χ2n) is 5.07. The highest BCUT2D eigenvalue weighted by molar-refractivity contribution is 5.70. The lowest BCUT2D eigenvalue weighted by molar-refractivity contribution is -0.145. The fraction of sp³-hybridized carbons (Fsp3) is 0.500. The average Bonchev–Trinajstić information content (AvgIpc) is 2.33. The number of carboxylic acids is 1. The highest BCUT2D eigenvalue weighted by Gasteiger charge is 2.34. The first kappa shape index (κ1) is 14.7. The van der Waals surface area contributed by atoms with Gasteiger partial charge in [-0.3, -0.25) is 9.69 Å². The number of aliphatic carboxylic acids is 1. The van der Waals surface area contributed by atoms with Crippen molar-refractivity contribution in [2.24, 2.45) is 11.8 Å². The van der Waals surface area contributed by atoms with E-state index in [-0.39, 0.29) is 17.6 Å². The second kappa shape index (κ2) is 6.17. The predicted molar refractivity (Wildman–Crippen MR) is 68.6 cm³/mol. The number of benzene rings is 1. The molecule has 1 aromatic carbocycles. The number of alkyl halides is 2. The lowest BCUT2D eigenvalue weighted by Crippen LogP contribution is -2.50. The molecule has 1 aliphatic rings. The van der Waals surface area contributed by atoms with Crippen LogP contribution < -0.4 is 4.74 Å². The van der Waals surface area contributed by atoms with Crippen molar-refractivity contribution in [3.63, 3.8) is 0 Å². The Labute approximate surface area is 116 Å². The molecule has 0 amide bonds. The van der Waals surface area contributed by atoms with E-state index in [1.54, 1.807) is 25.1 Å². The maximum atomic E-state index is 12.3. The summed E-state index contributed by atoms with van der Waals surface area (Å²) in [6, 6.07) is 6.67. The molecule has 0 saturated carbocycles. The number of halogens is 2. The molecule has 1 N–H and O–H groups in total. The molecule has 0 bridgehead atoms. The molecule has 110 valence electrons. The lowest BCUT2D eigenvalue weighted by atomic mass is 9.87. The molecular formula is C14H17F2NO3. The molecule has 1 aliphatic heterocycles. The van der Waals surface area contributed by atoms with Crippen LogP contribution in [0.1, 0.15) is 12.5 Å². The number of likely N-dealkylation sites (tertiary alicyclic amines) is 1. The monoisotopic (exact) mass is 285 g/mol. The quantitative estimate of drug-likeness (QED) is 0.872. The minimum Gasteiger partial charge on any atom is -0.481 e. The Morgan fingerprint density at radius 2 is 2.10 bits per heavy atom. The third-order valence-corrected chi connectivity index (χ3v) is 3.66. The van der Waals surface area contributed by atoms with Gasteiger partial charge in [0.25, 0.3) is 0 Å². The number of carboxylic acid groups (broad SMARTS) is 1. The Hall–Kier alpha value is -1.69. The van der Waals surface area contributed by atoms with Gasteiger partial charge in [-0.25, -0.2) is 0 Å². The van der Waals surface area contributed by atoms with Crippen molar-refractivity contribution in [3.05, 3.63) is 29.8 Å². The molecule has 0 aromatic heterocycles. The molecule has 0 spiro atoms. The van der Waals surface area contributed by atoms with Crippen LogP contribution in [0.15, 0.2) is 24.3 Å². The summed E-state index contributed by atoms with van der Waals surface area (Å²) in [5, 5.41) is 8.91. The molecule has 1 atom stereocenters. The zero-order valence-electron chi connectivity index (χ0n) is 11.1. The van der Waals surface area contributed by atoms with E-state index in [0.29, 0.717) is 25.2 Å². The zero-order valence-corrected chi connectivity index (χ0v) is 11.1. The molecule has 6 heteroatoms. The van der Waals surface area contributed by atoms with Gasteiger partial charge in [-0.15, -0.1) is 0 Å². The van der Waals surface area contributed by atoms with Crippen LogP contribution in [0.25, 0.3) is 0 Å². The molecule has 4 nitrogen and oxygen atoms in total. The molecule has 1 fully saturated rings. The van der Waals surface area contributed by atoms with Gasteiger partial charge in [0.2, 0.25) is 0 Å². The molecule has 2 rings (SSSR count). The fourth-order valence-corrected chi connectivity index (χ4v) is 2.34. The number of ether oxygens (including phenoxy) is 1. The first-order valence-electron chi connectivity index (χ1n) is 6.45. The van der Waals surface area contributed by atoms with E-state index in [1.807, 2.05) is 4.90 Å². The van der Waals surface area contributed by atoms with Crippen molar-refractivity contribution in [2.45, 2.75) is 20.1 Å². The van der Waals surface area contributed by atoms with Crippen LogP contribution in [0, 0.1) is 11.8 Å². The van der Waals surface area contributed by atoms with Crippen LogP contribution in [-0.4, -0.2) is 35.7 Å². The van der Waals surface area contributed by atoms with Gasteiger partial charge in [0.05, 0.1) is 5.92 Å². The van der Waals surface area contributed by atoms with Crippen molar-refractivity contribution in [3.8, 4) is 5.75 Å². The Morgan fingerprint density at radius 1 is 1.45 bits per heavy atom. The lowest BCUT2D eigenvalue weighted by Gasteiger charge is -2.41. The van der Waals surface area contributed by atoms with E-state index < -0.39 is 12.6 Å². The molecule has 0 aliphatic carbocycles. The number of nitrogens with zero attached hydrogens (tertiary/aromatic N) is 1. The summed E-state index contributed by atoms with van der Waals surface area (Å²) >= 11 is 0. The summed E-state index contributed by atoms with van der Waals surface area (Å²) in [7, 11) is 0. The van der Waals surface area contributed by atoms with Crippen molar-refractivity contribution in [2.75, 3.05) is 13.1 Å². The maximum absolute atomic E-state index is 12.3. The largest absolute Gasteiger partial charge is 0.481 e. The van der Waals surface area contributed by atoms with E-state index in [9.17, 15) is 13.6 Å². The van der Waals surface area contributed by atoms with Crippen LogP contribution in [0.2, 0.25) is 0 Å². The number of rotatable bonds is 6. The second-order valence-corrected chi connectivity index (χ2v) is 5.07. The average molecular weight is 285 g/mol. The van der Waals surface area contributed by atoms with Gasteiger partial charge in [-0.2, -0.15) is 8.78 Å². The first-order valence-corrected chi connectivity index (χ1v) is 6.45. The number of para-hydroxylation sites is 1. The summed E-state index contributed by atoms with van der Waals surface area (Å²) < 4.78 is 29.1. The van der Waals surface area contributed by atoms with Gasteiger partial charge in [-0.05, 0) is 12.0 Å². The van der Waals surface area contributed by atoms with Crippen LogP contribution in [0.5, 0.6) is 5.75 Å². The Bertz CT molecular complexity index is 475. The van der Waals surface area contributed by atoms with Crippen LogP contribution in [0.4, 0.5) is 8.78 Å². The predicted octanol–water partition coefficient (Wildman–Crippen LogP) is 2.44. The molecule has 1 heterocycles. The van der Waals surface area contributed by atoms with Gasteiger partial charge in [-0.1, -0.05) is 25.1 Å². The molecular weight excluding hydrogens is 268 g/mol. The summed E-state index contributed by atoms with van der Waals surface area (Å²) in [6.07, 6.45) is 0. The maximum Gasteiger partial charge on any atom is 0.387 e. The van der Waals surface area contributed by atoms with Gasteiger partial charge < -0.3 is 9.84 Å². The Kier molecular flexibility index (Phi) is 4.54. The number of carbonyl (C=O) groups is 1. The molecule has 20 heavy (non-hydrogen) atoms. The highest BCUT2D eigenvalue weighted by atomic mass is 19.3. The van der Waals surface area contributed by atoms with E-state index >= 15 is 0 Å². The van der Waals surface area contributed by atoms with E-state index in [0.717, 1.165) is 0 Å².